The van der Waals surface area contributed by atoms with Crippen LogP contribution in [0.5, 0.6) is 0 Å². The summed E-state index contributed by atoms with van der Waals surface area (Å²) in [5.41, 5.74) is 7.64. The molecular weight excluding hydrogens is 406 g/mol. The van der Waals surface area contributed by atoms with E-state index < -0.39 is 11.9 Å². The van der Waals surface area contributed by atoms with Gasteiger partial charge in [-0.15, -0.1) is 23.1 Å². The fraction of sp³-hybridized carbons (Fsp3) is 0.273. The van der Waals surface area contributed by atoms with Crippen molar-refractivity contribution in [1.82, 2.24) is 4.90 Å². The normalized spacial score (nSPS) is 16.4. The van der Waals surface area contributed by atoms with E-state index in [0.29, 0.717) is 12.2 Å². The van der Waals surface area contributed by atoms with Crippen molar-refractivity contribution in [1.29, 1.82) is 0 Å². The highest BCUT2D eigenvalue weighted by molar-refractivity contribution is 8.00. The highest BCUT2D eigenvalue weighted by Crippen LogP contribution is 2.45. The van der Waals surface area contributed by atoms with Crippen LogP contribution in [0.15, 0.2) is 57.6 Å². The number of hydrogen-bond acceptors (Lipinski definition) is 5. The molecule has 0 radical (unpaired) electrons. The quantitative estimate of drug-likeness (QED) is 0.680. The Morgan fingerprint density at radius 1 is 1.00 bits per heavy atom. The van der Waals surface area contributed by atoms with Crippen molar-refractivity contribution in [3.63, 3.8) is 0 Å². The summed E-state index contributed by atoms with van der Waals surface area (Å²) >= 11 is 3.90. The molecule has 0 aliphatic carbocycles. The molecule has 3 heterocycles. The van der Waals surface area contributed by atoms with E-state index in [4.69, 9.17) is 10.2 Å². The first-order valence-corrected chi connectivity index (χ1v) is 11.2. The van der Waals surface area contributed by atoms with Gasteiger partial charge < -0.3 is 15.1 Å². The predicted molar refractivity (Wildman–Crippen MR) is 117 cm³/mol. The molecule has 29 heavy (non-hydrogen) atoms. The van der Waals surface area contributed by atoms with E-state index in [1.807, 2.05) is 23.1 Å². The third-order valence-electron chi connectivity index (χ3n) is 4.86. The zero-order chi connectivity index (χ0) is 20.8. The molecule has 0 unspecified atom stereocenters. The standard InChI is InChI=1S/C18H19NS2.C4H4O4/c1-19-9-6-13(7-10-19)17-15-5-3-2-4-14(15)12-21-18-16(17)8-11-20-18;5-3(6)1-2-4(7)8/h2-5,8,11H,6-7,9-10,12H2,1H3;1-2H,(H,5,6)(H,7,8)/b;2-1-. The van der Waals surface area contributed by atoms with Crippen LogP contribution in [-0.4, -0.2) is 47.2 Å². The number of rotatable bonds is 2. The van der Waals surface area contributed by atoms with Crippen LogP contribution in [0.4, 0.5) is 0 Å². The molecule has 5 nitrogen and oxygen atoms in total. The van der Waals surface area contributed by atoms with E-state index in [9.17, 15) is 9.59 Å². The van der Waals surface area contributed by atoms with Gasteiger partial charge in [0.25, 0.3) is 0 Å². The lowest BCUT2D eigenvalue weighted by Crippen LogP contribution is -2.27. The minimum atomic E-state index is -1.26. The van der Waals surface area contributed by atoms with Crippen molar-refractivity contribution in [2.45, 2.75) is 22.8 Å². The Kier molecular flexibility index (Phi) is 7.30. The van der Waals surface area contributed by atoms with E-state index in [1.54, 1.807) is 11.1 Å². The molecule has 0 atom stereocenters. The Bertz CT molecular complexity index is 935. The van der Waals surface area contributed by atoms with Crippen LogP contribution in [0.3, 0.4) is 0 Å². The summed E-state index contributed by atoms with van der Waals surface area (Å²) in [5, 5.41) is 17.9. The van der Waals surface area contributed by atoms with Gasteiger partial charge >= 0.3 is 11.9 Å². The topological polar surface area (TPSA) is 77.8 Å². The number of hydrogen-bond donors (Lipinski definition) is 2. The fourth-order valence-electron chi connectivity index (χ4n) is 3.43. The van der Waals surface area contributed by atoms with Crippen molar-refractivity contribution in [2.75, 3.05) is 20.1 Å². The Morgan fingerprint density at radius 2 is 1.66 bits per heavy atom. The highest BCUT2D eigenvalue weighted by Gasteiger charge is 2.23. The maximum absolute atomic E-state index is 9.55. The number of fused-ring (bicyclic) bond motifs is 2. The third-order valence-corrected chi connectivity index (χ3v) is 7.14. The van der Waals surface area contributed by atoms with Crippen molar-refractivity contribution in [2.24, 2.45) is 0 Å². The molecule has 152 valence electrons. The molecule has 1 aromatic heterocycles. The minimum absolute atomic E-state index is 0.558. The first-order chi connectivity index (χ1) is 14.0. The summed E-state index contributed by atoms with van der Waals surface area (Å²) in [6.07, 6.45) is 3.53. The number of carbonyl (C=O) groups is 2. The number of thioether (sulfide) groups is 1. The van der Waals surface area contributed by atoms with Gasteiger partial charge in [-0.1, -0.05) is 29.8 Å². The SMILES string of the molecule is CN1CCC(=C2c3ccccc3CSc3sccc32)CC1.O=C(O)/C=C\C(=O)O. The van der Waals surface area contributed by atoms with Gasteiger partial charge in [-0.3, -0.25) is 0 Å². The molecule has 4 rings (SSSR count). The molecule has 2 aliphatic heterocycles. The van der Waals surface area contributed by atoms with Crippen molar-refractivity contribution in [3.05, 3.63) is 70.1 Å². The number of aliphatic carboxylic acids is 2. The number of likely N-dealkylation sites (tertiary alicyclic amines) is 1. The molecule has 0 spiro atoms. The van der Waals surface area contributed by atoms with Crippen LogP contribution in [-0.2, 0) is 15.3 Å². The van der Waals surface area contributed by atoms with Crippen LogP contribution in [0.25, 0.3) is 5.57 Å². The van der Waals surface area contributed by atoms with Gasteiger partial charge in [-0.05, 0) is 48.0 Å². The average Bonchev–Trinajstić information content (AvgIpc) is 3.10. The lowest BCUT2D eigenvalue weighted by molar-refractivity contribution is -0.134. The fourth-order valence-corrected chi connectivity index (χ4v) is 5.54. The Morgan fingerprint density at radius 3 is 2.31 bits per heavy atom. The summed E-state index contributed by atoms with van der Waals surface area (Å²) < 4.78 is 1.49. The molecule has 1 aromatic carbocycles. The summed E-state index contributed by atoms with van der Waals surface area (Å²) in [5.74, 6) is -1.42. The molecule has 2 aromatic rings. The first-order valence-electron chi connectivity index (χ1n) is 9.29. The van der Waals surface area contributed by atoms with Gasteiger partial charge in [0.1, 0.15) is 0 Å². The van der Waals surface area contributed by atoms with E-state index in [0.717, 1.165) is 5.75 Å². The number of thiophene rings is 1. The highest BCUT2D eigenvalue weighted by atomic mass is 32.2. The van der Waals surface area contributed by atoms with Crippen molar-refractivity contribution >= 4 is 40.6 Å². The van der Waals surface area contributed by atoms with E-state index in [2.05, 4.69) is 47.7 Å². The van der Waals surface area contributed by atoms with Crippen molar-refractivity contribution in [3.8, 4) is 0 Å². The Labute approximate surface area is 178 Å². The number of benzene rings is 1. The summed E-state index contributed by atoms with van der Waals surface area (Å²) in [7, 11) is 2.23. The molecule has 0 amide bonds. The van der Waals surface area contributed by atoms with E-state index >= 15 is 0 Å². The van der Waals surface area contributed by atoms with E-state index in [1.165, 1.54) is 46.8 Å². The van der Waals surface area contributed by atoms with Crippen LogP contribution in [0.1, 0.15) is 29.5 Å². The number of carboxylic acid groups (broad SMARTS) is 2. The lowest BCUT2D eigenvalue weighted by Gasteiger charge is -2.27. The molecule has 7 heteroatoms. The lowest BCUT2D eigenvalue weighted by atomic mass is 9.88. The van der Waals surface area contributed by atoms with Gasteiger partial charge in [0.2, 0.25) is 0 Å². The van der Waals surface area contributed by atoms with E-state index in [-0.39, 0.29) is 0 Å². The Hall–Kier alpha value is -2.35. The first kappa shape index (κ1) is 21.4. The number of nitrogens with zero attached hydrogens (tertiary/aromatic N) is 1. The van der Waals surface area contributed by atoms with Crippen LogP contribution in [0, 0.1) is 0 Å². The van der Waals surface area contributed by atoms with Crippen LogP contribution >= 0.6 is 23.1 Å². The smallest absolute Gasteiger partial charge is 0.328 e. The maximum atomic E-state index is 9.55. The predicted octanol–water partition coefficient (Wildman–Crippen LogP) is 4.59. The zero-order valence-corrected chi connectivity index (χ0v) is 17.8. The molecule has 0 bridgehead atoms. The molecule has 0 saturated carbocycles. The van der Waals surface area contributed by atoms with Gasteiger partial charge in [0.05, 0.1) is 4.21 Å². The monoisotopic (exact) mass is 429 g/mol. The largest absolute Gasteiger partial charge is 0.478 e. The van der Waals surface area contributed by atoms with Gasteiger partial charge in [0, 0.05) is 36.6 Å². The van der Waals surface area contributed by atoms with Gasteiger partial charge in [0.15, 0.2) is 0 Å². The second-order valence-electron chi connectivity index (χ2n) is 6.86. The zero-order valence-electron chi connectivity index (χ0n) is 16.1. The second-order valence-corrected chi connectivity index (χ2v) is 9.02. The molecular formula is C22H23NO4S2. The van der Waals surface area contributed by atoms with Crippen molar-refractivity contribution < 1.29 is 19.8 Å². The minimum Gasteiger partial charge on any atom is -0.478 e. The summed E-state index contributed by atoms with van der Waals surface area (Å²) in [6.45, 7) is 2.38. The second kappa shape index (κ2) is 9.91. The van der Waals surface area contributed by atoms with Crippen LogP contribution < -0.4 is 0 Å². The third kappa shape index (κ3) is 5.59. The van der Waals surface area contributed by atoms with Crippen LogP contribution in [0.2, 0.25) is 0 Å². The molecule has 1 fully saturated rings. The summed E-state index contributed by atoms with van der Waals surface area (Å²) in [4.78, 5) is 21.5. The maximum Gasteiger partial charge on any atom is 0.328 e. The van der Waals surface area contributed by atoms with Gasteiger partial charge in [-0.25, -0.2) is 9.59 Å². The molecule has 2 N–H and O–H groups in total. The number of carboxylic acids is 2. The molecule has 2 aliphatic rings. The Balaban J connectivity index is 0.000000258. The van der Waals surface area contributed by atoms with Gasteiger partial charge in [-0.2, -0.15) is 0 Å². The average molecular weight is 430 g/mol. The molecule has 1 saturated heterocycles. The summed E-state index contributed by atoms with van der Waals surface area (Å²) in [6, 6.07) is 11.3. The number of piperidine rings is 1.